The molecule has 0 aromatic heterocycles. The molecule has 0 spiro atoms. The van der Waals surface area contributed by atoms with Crippen molar-refractivity contribution < 1.29 is 8.42 Å². The Morgan fingerprint density at radius 2 is 1.97 bits per heavy atom. The molecule has 1 heterocycles. The molecule has 0 aliphatic carbocycles. The largest absolute Gasteiger partial charge is 0.357 e. The average Bonchev–Trinajstić information content (AvgIpc) is 2.67. The molecule has 6 nitrogen and oxygen atoms in total. The van der Waals surface area contributed by atoms with Gasteiger partial charge in [-0.05, 0) is 57.7 Å². The van der Waals surface area contributed by atoms with E-state index in [2.05, 4.69) is 46.7 Å². The molecule has 0 saturated carbocycles. The molecule has 2 N–H and O–H groups in total. The molecule has 1 fully saturated rings. The highest BCUT2D eigenvalue weighted by Crippen LogP contribution is 2.21. The summed E-state index contributed by atoms with van der Waals surface area (Å²) < 4.78 is 22.8. The van der Waals surface area contributed by atoms with E-state index in [9.17, 15) is 8.42 Å². The number of nitrogens with zero attached hydrogens (tertiary/aromatic N) is 2. The first-order chi connectivity index (χ1) is 13.8. The fourth-order valence-corrected chi connectivity index (χ4v) is 4.44. The molecule has 1 aliphatic rings. The van der Waals surface area contributed by atoms with Gasteiger partial charge < -0.3 is 10.6 Å². The summed E-state index contributed by atoms with van der Waals surface area (Å²) >= 11 is 0. The van der Waals surface area contributed by atoms with Crippen LogP contribution in [0.15, 0.2) is 29.3 Å². The number of rotatable bonds is 9. The van der Waals surface area contributed by atoms with Gasteiger partial charge in [-0.3, -0.25) is 4.90 Å². The molecule has 1 aromatic carbocycles. The number of nitrogens with one attached hydrogen (secondary N) is 2. The van der Waals surface area contributed by atoms with Crippen molar-refractivity contribution in [2.45, 2.75) is 71.6 Å². The van der Waals surface area contributed by atoms with Gasteiger partial charge in [-0.25, -0.2) is 13.4 Å². The van der Waals surface area contributed by atoms with Crippen molar-refractivity contribution >= 4 is 39.8 Å². The van der Waals surface area contributed by atoms with Gasteiger partial charge >= 0.3 is 0 Å². The summed E-state index contributed by atoms with van der Waals surface area (Å²) in [5.74, 6) is 0.909. The van der Waals surface area contributed by atoms with E-state index < -0.39 is 9.84 Å². The van der Waals surface area contributed by atoms with Gasteiger partial charge in [-0.1, -0.05) is 30.7 Å². The molecule has 30 heavy (non-hydrogen) atoms. The topological polar surface area (TPSA) is 73.8 Å². The van der Waals surface area contributed by atoms with E-state index >= 15 is 0 Å². The maximum Gasteiger partial charge on any atom is 0.191 e. The third-order valence-electron chi connectivity index (χ3n) is 5.49. The van der Waals surface area contributed by atoms with Gasteiger partial charge in [0.25, 0.3) is 0 Å². The fraction of sp³-hybridized carbons (Fsp3) is 0.682. The van der Waals surface area contributed by atoms with E-state index in [4.69, 9.17) is 4.99 Å². The van der Waals surface area contributed by atoms with Crippen LogP contribution in [0.25, 0.3) is 0 Å². The SMILES string of the molecule is CCNC(=NCc1ccccc1CN1CCCCC1C)NC(C)CCS(C)(=O)=O.I. The number of hydrogen-bond acceptors (Lipinski definition) is 4. The Kier molecular flexibility index (Phi) is 12.2. The Balaban J connectivity index is 0.00000450. The molecular weight excluding hydrogens is 511 g/mol. The second-order valence-electron chi connectivity index (χ2n) is 8.24. The monoisotopic (exact) mass is 550 g/mol. The molecule has 1 saturated heterocycles. The van der Waals surface area contributed by atoms with Crippen molar-refractivity contribution in [3.63, 3.8) is 0 Å². The maximum absolute atomic E-state index is 11.4. The lowest BCUT2D eigenvalue weighted by molar-refractivity contribution is 0.152. The zero-order valence-electron chi connectivity index (χ0n) is 18.9. The Morgan fingerprint density at radius 3 is 2.60 bits per heavy atom. The van der Waals surface area contributed by atoms with E-state index in [1.54, 1.807) is 0 Å². The second-order valence-corrected chi connectivity index (χ2v) is 10.5. The van der Waals surface area contributed by atoms with Crippen LogP contribution in [0, 0.1) is 0 Å². The lowest BCUT2D eigenvalue weighted by atomic mass is 10.0. The molecule has 2 atom stereocenters. The Hall–Kier alpha value is -0.870. The predicted molar refractivity (Wildman–Crippen MR) is 137 cm³/mol. The third-order valence-corrected chi connectivity index (χ3v) is 6.47. The number of piperidine rings is 1. The summed E-state index contributed by atoms with van der Waals surface area (Å²) in [6.45, 7) is 9.85. The Bertz CT molecular complexity index is 770. The first-order valence-corrected chi connectivity index (χ1v) is 12.9. The van der Waals surface area contributed by atoms with Crippen LogP contribution in [0.3, 0.4) is 0 Å². The van der Waals surface area contributed by atoms with Crippen molar-refractivity contribution in [1.29, 1.82) is 0 Å². The number of halogens is 1. The van der Waals surface area contributed by atoms with Crippen LogP contribution in [0.1, 0.15) is 57.6 Å². The average molecular weight is 551 g/mol. The summed E-state index contributed by atoms with van der Waals surface area (Å²) in [6.07, 6.45) is 5.73. The van der Waals surface area contributed by atoms with Crippen molar-refractivity contribution in [1.82, 2.24) is 15.5 Å². The maximum atomic E-state index is 11.4. The van der Waals surface area contributed by atoms with Gasteiger partial charge in [0, 0.05) is 31.4 Å². The number of guanidine groups is 1. The van der Waals surface area contributed by atoms with Crippen LogP contribution in [0.5, 0.6) is 0 Å². The van der Waals surface area contributed by atoms with Gasteiger partial charge in [0.2, 0.25) is 0 Å². The summed E-state index contributed by atoms with van der Waals surface area (Å²) in [5.41, 5.74) is 2.58. The van der Waals surface area contributed by atoms with Gasteiger partial charge in [0.15, 0.2) is 5.96 Å². The molecular formula is C22H39IN4O2S. The van der Waals surface area contributed by atoms with E-state index in [0.29, 0.717) is 19.0 Å². The normalized spacial score (nSPS) is 19.1. The van der Waals surface area contributed by atoms with E-state index in [-0.39, 0.29) is 35.8 Å². The summed E-state index contributed by atoms with van der Waals surface area (Å²) in [6, 6.07) is 9.21. The molecule has 0 bridgehead atoms. The van der Waals surface area contributed by atoms with E-state index in [0.717, 1.165) is 19.0 Å². The number of hydrogen-bond donors (Lipinski definition) is 2. The minimum Gasteiger partial charge on any atom is -0.357 e. The summed E-state index contributed by atoms with van der Waals surface area (Å²) in [4.78, 5) is 7.34. The Labute approximate surface area is 200 Å². The molecule has 8 heteroatoms. The smallest absolute Gasteiger partial charge is 0.191 e. The zero-order chi connectivity index (χ0) is 21.3. The second kappa shape index (κ2) is 13.5. The predicted octanol–water partition coefficient (Wildman–Crippen LogP) is 3.56. The van der Waals surface area contributed by atoms with Crippen molar-refractivity contribution in [2.75, 3.05) is 25.1 Å². The first kappa shape index (κ1) is 27.2. The standard InChI is InChI=1S/C22H38N4O2S.HI/c1-5-23-22(25-18(2)13-15-29(4,27)28)24-16-20-11-6-7-12-21(20)17-26-14-9-8-10-19(26)3;/h6-7,11-12,18-19H,5,8-10,13-17H2,1-4H3,(H2,23,24,25);1H. The van der Waals surface area contributed by atoms with Gasteiger partial charge in [-0.15, -0.1) is 24.0 Å². The first-order valence-electron chi connectivity index (χ1n) is 10.8. The van der Waals surface area contributed by atoms with Crippen LogP contribution in [-0.4, -0.2) is 56.5 Å². The molecule has 2 rings (SSSR count). The summed E-state index contributed by atoms with van der Waals surface area (Å²) in [7, 11) is -2.95. The fourth-order valence-electron chi connectivity index (χ4n) is 3.66. The van der Waals surface area contributed by atoms with Gasteiger partial charge in [-0.2, -0.15) is 0 Å². The number of sulfone groups is 1. The highest BCUT2D eigenvalue weighted by molar-refractivity contribution is 14.0. The lowest BCUT2D eigenvalue weighted by Gasteiger charge is -2.33. The minimum atomic E-state index is -2.95. The number of likely N-dealkylation sites (tertiary alicyclic amines) is 1. The highest BCUT2D eigenvalue weighted by atomic mass is 127. The molecule has 172 valence electrons. The molecule has 1 aliphatic heterocycles. The number of benzene rings is 1. The Morgan fingerprint density at radius 1 is 1.27 bits per heavy atom. The van der Waals surface area contributed by atoms with Crippen LogP contribution in [0.2, 0.25) is 0 Å². The highest BCUT2D eigenvalue weighted by Gasteiger charge is 2.19. The van der Waals surface area contributed by atoms with E-state index in [1.165, 1.54) is 43.2 Å². The van der Waals surface area contributed by atoms with Crippen molar-refractivity contribution in [3.05, 3.63) is 35.4 Å². The van der Waals surface area contributed by atoms with Crippen molar-refractivity contribution in [2.24, 2.45) is 4.99 Å². The number of aliphatic imine (C=N–C) groups is 1. The van der Waals surface area contributed by atoms with Gasteiger partial charge in [0.05, 0.1) is 12.3 Å². The van der Waals surface area contributed by atoms with Gasteiger partial charge in [0.1, 0.15) is 9.84 Å². The quantitative estimate of drug-likeness (QED) is 0.280. The zero-order valence-corrected chi connectivity index (χ0v) is 22.0. The third kappa shape index (κ3) is 9.96. The van der Waals surface area contributed by atoms with Crippen LogP contribution >= 0.6 is 24.0 Å². The van der Waals surface area contributed by atoms with Crippen molar-refractivity contribution in [3.8, 4) is 0 Å². The molecule has 0 radical (unpaired) electrons. The molecule has 1 aromatic rings. The van der Waals surface area contributed by atoms with Crippen LogP contribution in [-0.2, 0) is 22.9 Å². The van der Waals surface area contributed by atoms with E-state index in [1.807, 2.05) is 13.8 Å². The van der Waals surface area contributed by atoms with Crippen LogP contribution in [0.4, 0.5) is 0 Å². The van der Waals surface area contributed by atoms with Crippen LogP contribution < -0.4 is 10.6 Å². The lowest BCUT2D eigenvalue weighted by Crippen LogP contribution is -2.42. The summed E-state index contributed by atoms with van der Waals surface area (Å²) in [5, 5.41) is 6.60. The molecule has 0 amide bonds. The molecule has 2 unspecified atom stereocenters. The minimum absolute atomic E-state index is 0.